The molecule has 1 N–H and O–H groups in total. The van der Waals surface area contributed by atoms with Crippen LogP contribution < -0.4 is 0 Å². The molecule has 1 heterocycles. The standard InChI is InChI=1S/C10H7ClO2S/c11-7-1-2-9-8(3-7)10(13)6(4-12)5-14-9/h1-4,12H,5H2. The lowest BCUT2D eigenvalue weighted by molar-refractivity contribution is 0.102. The molecule has 0 saturated heterocycles. The smallest absolute Gasteiger partial charge is 0.194 e. The molecule has 0 fully saturated rings. The first-order valence-electron chi connectivity index (χ1n) is 4.02. The van der Waals surface area contributed by atoms with Gasteiger partial charge in [-0.1, -0.05) is 11.6 Å². The predicted molar refractivity (Wildman–Crippen MR) is 57.2 cm³/mol. The zero-order chi connectivity index (χ0) is 10.1. The Labute approximate surface area is 90.6 Å². The van der Waals surface area contributed by atoms with E-state index in [0.717, 1.165) is 11.2 Å². The van der Waals surface area contributed by atoms with Crippen LogP contribution in [0.15, 0.2) is 34.9 Å². The molecule has 2 nitrogen and oxygen atoms in total. The average molecular weight is 227 g/mol. The van der Waals surface area contributed by atoms with E-state index in [2.05, 4.69) is 0 Å². The van der Waals surface area contributed by atoms with Crippen molar-refractivity contribution in [1.82, 2.24) is 0 Å². The molecular weight excluding hydrogens is 220 g/mol. The summed E-state index contributed by atoms with van der Waals surface area (Å²) in [5, 5.41) is 9.37. The summed E-state index contributed by atoms with van der Waals surface area (Å²) in [6.07, 6.45) is 0.874. The average Bonchev–Trinajstić information content (AvgIpc) is 2.20. The summed E-state index contributed by atoms with van der Waals surface area (Å²) in [7, 11) is 0. The number of ketones is 1. The second-order valence-corrected chi connectivity index (χ2v) is 4.37. The molecule has 0 saturated carbocycles. The number of hydrogen-bond donors (Lipinski definition) is 1. The molecule has 1 aromatic rings. The fourth-order valence-corrected chi connectivity index (χ4v) is 2.46. The third-order valence-electron chi connectivity index (χ3n) is 2.02. The van der Waals surface area contributed by atoms with Crippen molar-refractivity contribution in [3.05, 3.63) is 40.6 Å². The van der Waals surface area contributed by atoms with Gasteiger partial charge in [-0.2, -0.15) is 0 Å². The molecule has 1 aromatic carbocycles. The summed E-state index contributed by atoms with van der Waals surface area (Å²) >= 11 is 7.32. The van der Waals surface area contributed by atoms with Gasteiger partial charge in [0.2, 0.25) is 0 Å². The Morgan fingerprint density at radius 2 is 2.29 bits per heavy atom. The van der Waals surface area contributed by atoms with Crippen LogP contribution >= 0.6 is 23.4 Å². The topological polar surface area (TPSA) is 37.3 Å². The molecule has 72 valence electrons. The molecule has 0 radical (unpaired) electrons. The van der Waals surface area contributed by atoms with Crippen molar-refractivity contribution in [2.45, 2.75) is 4.90 Å². The van der Waals surface area contributed by atoms with Crippen LogP contribution in [-0.4, -0.2) is 16.6 Å². The van der Waals surface area contributed by atoms with Gasteiger partial charge >= 0.3 is 0 Å². The van der Waals surface area contributed by atoms with Gasteiger partial charge < -0.3 is 5.11 Å². The fraction of sp³-hybridized carbons (Fsp3) is 0.100. The fourth-order valence-electron chi connectivity index (χ4n) is 1.30. The van der Waals surface area contributed by atoms with Crippen molar-refractivity contribution in [3.63, 3.8) is 0 Å². The number of rotatable bonds is 0. The van der Waals surface area contributed by atoms with Crippen molar-refractivity contribution in [1.29, 1.82) is 0 Å². The van der Waals surface area contributed by atoms with E-state index in [4.69, 9.17) is 16.7 Å². The number of hydrogen-bond acceptors (Lipinski definition) is 3. The van der Waals surface area contributed by atoms with Crippen LogP contribution in [0.3, 0.4) is 0 Å². The molecule has 2 rings (SSSR count). The van der Waals surface area contributed by atoms with E-state index in [0.29, 0.717) is 21.9 Å². The van der Waals surface area contributed by atoms with E-state index in [1.165, 1.54) is 11.8 Å². The highest BCUT2D eigenvalue weighted by Crippen LogP contribution is 2.33. The van der Waals surface area contributed by atoms with Gasteiger partial charge in [0.25, 0.3) is 0 Å². The molecule has 4 heteroatoms. The first-order chi connectivity index (χ1) is 6.72. The van der Waals surface area contributed by atoms with Gasteiger partial charge in [-0.25, -0.2) is 0 Å². The van der Waals surface area contributed by atoms with Crippen LogP contribution in [0.2, 0.25) is 5.02 Å². The number of thioether (sulfide) groups is 1. The predicted octanol–water partition coefficient (Wildman–Crippen LogP) is 3.07. The highest BCUT2D eigenvalue weighted by molar-refractivity contribution is 7.99. The van der Waals surface area contributed by atoms with Crippen LogP contribution in [-0.2, 0) is 0 Å². The Morgan fingerprint density at radius 1 is 1.50 bits per heavy atom. The maximum absolute atomic E-state index is 11.7. The SMILES string of the molecule is O=C1C(=CO)CSc2ccc(Cl)cc21. The van der Waals surface area contributed by atoms with Crippen molar-refractivity contribution in [2.75, 3.05) is 5.75 Å². The molecule has 0 aliphatic carbocycles. The zero-order valence-electron chi connectivity index (χ0n) is 7.16. The number of aliphatic hydroxyl groups excluding tert-OH is 1. The van der Waals surface area contributed by atoms with Gasteiger partial charge in [-0.3, -0.25) is 4.79 Å². The van der Waals surface area contributed by atoms with Crippen LogP contribution in [0.1, 0.15) is 10.4 Å². The summed E-state index contributed by atoms with van der Waals surface area (Å²) in [4.78, 5) is 12.6. The van der Waals surface area contributed by atoms with Crippen LogP contribution in [0, 0.1) is 0 Å². The Kier molecular flexibility index (Phi) is 2.52. The lowest BCUT2D eigenvalue weighted by atomic mass is 10.1. The lowest BCUT2D eigenvalue weighted by Crippen LogP contribution is -2.12. The zero-order valence-corrected chi connectivity index (χ0v) is 8.73. The number of carbonyl (C=O) groups is 1. The summed E-state index contributed by atoms with van der Waals surface area (Å²) in [5.74, 6) is 0.382. The van der Waals surface area contributed by atoms with Crippen molar-refractivity contribution in [2.24, 2.45) is 0 Å². The highest BCUT2D eigenvalue weighted by atomic mass is 35.5. The molecule has 0 spiro atoms. The first kappa shape index (κ1) is 9.62. The lowest BCUT2D eigenvalue weighted by Gasteiger charge is -2.15. The minimum atomic E-state index is -0.135. The Balaban J connectivity index is 2.54. The highest BCUT2D eigenvalue weighted by Gasteiger charge is 2.22. The molecule has 0 bridgehead atoms. The first-order valence-corrected chi connectivity index (χ1v) is 5.39. The molecule has 14 heavy (non-hydrogen) atoms. The molecule has 0 amide bonds. The van der Waals surface area contributed by atoms with E-state index in [-0.39, 0.29) is 5.78 Å². The molecule has 0 atom stereocenters. The number of fused-ring (bicyclic) bond motifs is 1. The summed E-state index contributed by atoms with van der Waals surface area (Å²) in [6, 6.07) is 5.22. The van der Waals surface area contributed by atoms with Crippen LogP contribution in [0.25, 0.3) is 0 Å². The second-order valence-electron chi connectivity index (χ2n) is 2.91. The van der Waals surface area contributed by atoms with Gasteiger partial charge in [0.1, 0.15) is 0 Å². The maximum atomic E-state index is 11.7. The van der Waals surface area contributed by atoms with Gasteiger partial charge in [0, 0.05) is 26.8 Å². The minimum Gasteiger partial charge on any atom is -0.515 e. The third-order valence-corrected chi connectivity index (χ3v) is 3.37. The van der Waals surface area contributed by atoms with Gasteiger partial charge in [0.15, 0.2) is 5.78 Å². The Bertz CT molecular complexity index is 426. The second kappa shape index (κ2) is 3.67. The number of halogens is 1. The molecule has 1 aliphatic rings. The van der Waals surface area contributed by atoms with E-state index in [1.807, 2.05) is 6.07 Å². The van der Waals surface area contributed by atoms with E-state index in [9.17, 15) is 4.79 Å². The van der Waals surface area contributed by atoms with E-state index in [1.54, 1.807) is 12.1 Å². The van der Waals surface area contributed by atoms with Crippen LogP contribution in [0.5, 0.6) is 0 Å². The number of carbonyl (C=O) groups excluding carboxylic acids is 1. The summed E-state index contributed by atoms with van der Waals surface area (Å²) < 4.78 is 0. The largest absolute Gasteiger partial charge is 0.515 e. The van der Waals surface area contributed by atoms with Gasteiger partial charge in [-0.15, -0.1) is 11.8 Å². The van der Waals surface area contributed by atoms with Crippen molar-refractivity contribution < 1.29 is 9.90 Å². The van der Waals surface area contributed by atoms with E-state index < -0.39 is 0 Å². The van der Waals surface area contributed by atoms with Crippen LogP contribution in [0.4, 0.5) is 0 Å². The monoisotopic (exact) mass is 226 g/mol. The number of aliphatic hydroxyl groups is 1. The maximum Gasteiger partial charge on any atom is 0.194 e. The summed E-state index contributed by atoms with van der Waals surface area (Å²) in [6.45, 7) is 0. The number of benzene rings is 1. The van der Waals surface area contributed by atoms with Crippen molar-refractivity contribution >= 4 is 29.1 Å². The third kappa shape index (κ3) is 1.53. The molecular formula is C10H7ClO2S. The minimum absolute atomic E-state index is 0.135. The van der Waals surface area contributed by atoms with Gasteiger partial charge in [-0.05, 0) is 18.2 Å². The quantitative estimate of drug-likeness (QED) is 0.546. The molecule has 1 aliphatic heterocycles. The normalized spacial score (nSPS) is 18.4. The van der Waals surface area contributed by atoms with E-state index >= 15 is 0 Å². The summed E-state index contributed by atoms with van der Waals surface area (Å²) in [5.41, 5.74) is 0.999. The molecule has 0 unspecified atom stereocenters. The Morgan fingerprint density at radius 3 is 3.00 bits per heavy atom. The van der Waals surface area contributed by atoms with Gasteiger partial charge in [0.05, 0.1) is 6.26 Å². The Hall–Kier alpha value is -0.930. The number of Topliss-reactive ketones (excluding diaryl/α,β-unsaturated/α-hetero) is 1. The van der Waals surface area contributed by atoms with Crippen molar-refractivity contribution in [3.8, 4) is 0 Å². The molecule has 0 aromatic heterocycles.